The number of phenolic OH excluding ortho intramolecular Hbond substituents is 2. The van der Waals surface area contributed by atoms with Crippen molar-refractivity contribution in [2.45, 2.75) is 130 Å². The Morgan fingerprint density at radius 3 is 0.917 bits per heavy atom. The van der Waals surface area contributed by atoms with E-state index in [-0.39, 0.29) is 33.2 Å². The number of benzene rings is 6. The fraction of sp³-hybridized carbons (Fsp3) is 0.387. The summed E-state index contributed by atoms with van der Waals surface area (Å²) in [6, 6.07) is 37.4. The highest BCUT2D eigenvalue weighted by Crippen LogP contribution is 2.44. The number of hydrogen-bond donors (Lipinski definition) is 6. The molecule has 0 aromatic heterocycles. The minimum Gasteiger partial charge on any atom is -0.507 e. The first-order valence-electron chi connectivity index (χ1n) is 25.3. The smallest absolute Gasteiger partial charge is 0.170 e. The minimum absolute atomic E-state index is 0.219. The number of ether oxygens (including phenoxy) is 2. The molecule has 1 aliphatic rings. The molecule has 0 amide bonds. The van der Waals surface area contributed by atoms with Gasteiger partial charge in [-0.2, -0.15) is 0 Å². The minimum atomic E-state index is -0.228. The van der Waals surface area contributed by atoms with Gasteiger partial charge in [-0.15, -0.1) is 0 Å². The number of phenols is 2. The first-order valence-corrected chi connectivity index (χ1v) is 26.1. The number of para-hydroxylation sites is 2. The molecule has 10 heteroatoms. The summed E-state index contributed by atoms with van der Waals surface area (Å²) in [5.41, 5.74) is 12.5. The van der Waals surface area contributed by atoms with E-state index in [9.17, 15) is 10.2 Å². The van der Waals surface area contributed by atoms with Gasteiger partial charge in [-0.3, -0.25) is 0 Å². The third-order valence-electron chi connectivity index (χ3n) is 13.3. The Morgan fingerprint density at radius 2 is 0.667 bits per heavy atom. The van der Waals surface area contributed by atoms with Gasteiger partial charge < -0.3 is 41.0 Å². The highest BCUT2D eigenvalue weighted by Gasteiger charge is 2.29. The zero-order valence-electron chi connectivity index (χ0n) is 44.6. The Bertz CT molecular complexity index is 2610. The highest BCUT2D eigenvalue weighted by atomic mass is 32.1. The van der Waals surface area contributed by atoms with Crippen LogP contribution >= 0.6 is 24.4 Å². The largest absolute Gasteiger partial charge is 0.507 e. The fourth-order valence-corrected chi connectivity index (χ4v) is 9.49. The predicted molar refractivity (Wildman–Crippen MR) is 307 cm³/mol. The lowest BCUT2D eigenvalue weighted by molar-refractivity contribution is 0.316. The molecule has 0 fully saturated rings. The highest BCUT2D eigenvalue weighted by molar-refractivity contribution is 7.80. The maximum absolute atomic E-state index is 12.7. The van der Waals surface area contributed by atoms with Gasteiger partial charge >= 0.3 is 0 Å². The fourth-order valence-electron chi connectivity index (χ4n) is 9.05. The SMILES string of the molecule is CC(C)(C)c1cc2c(O)c(c1)Cc1cc(C(C)(C)C)cc(c1OCCNC(=S)Nc1ccccc1)Cc1cc(C(C)(C)C)cc(c1O)Cc1cc(C(C)(C)C)cc(c1OCCNC(=S)Nc1ccccc1)C2. The third kappa shape index (κ3) is 13.7. The summed E-state index contributed by atoms with van der Waals surface area (Å²) in [6.07, 6.45) is 1.65. The van der Waals surface area contributed by atoms with Crippen molar-refractivity contribution in [1.29, 1.82) is 0 Å². The second-order valence-corrected chi connectivity index (χ2v) is 24.2. The molecule has 8 bridgehead atoms. The second kappa shape index (κ2) is 21.9. The van der Waals surface area contributed by atoms with E-state index in [4.69, 9.17) is 33.9 Å². The van der Waals surface area contributed by atoms with Crippen LogP contribution in [0, 0.1) is 0 Å². The van der Waals surface area contributed by atoms with E-state index in [0.717, 1.165) is 89.6 Å². The average Bonchev–Trinajstić information content (AvgIpc) is 3.29. The Morgan fingerprint density at radius 1 is 0.417 bits per heavy atom. The molecular weight excluding hydrogens is 929 g/mol. The van der Waals surface area contributed by atoms with E-state index >= 15 is 0 Å². The summed E-state index contributed by atoms with van der Waals surface area (Å²) < 4.78 is 13.9. The quantitative estimate of drug-likeness (QED) is 0.0586. The van der Waals surface area contributed by atoms with Crippen LogP contribution in [0.15, 0.2) is 109 Å². The van der Waals surface area contributed by atoms with Crippen molar-refractivity contribution < 1.29 is 19.7 Å². The van der Waals surface area contributed by atoms with Crippen LogP contribution in [0.5, 0.6) is 23.0 Å². The van der Waals surface area contributed by atoms with Crippen LogP contribution in [0.1, 0.15) is 150 Å². The number of rotatable bonds is 10. The van der Waals surface area contributed by atoms with E-state index in [0.29, 0.717) is 62.2 Å². The van der Waals surface area contributed by atoms with Crippen LogP contribution in [0.4, 0.5) is 11.4 Å². The van der Waals surface area contributed by atoms with E-state index in [1.807, 2.05) is 60.7 Å². The van der Waals surface area contributed by atoms with Gasteiger partial charge in [0.05, 0.1) is 13.1 Å². The summed E-state index contributed by atoms with van der Waals surface area (Å²) in [5.74, 6) is 2.00. The van der Waals surface area contributed by atoms with Crippen LogP contribution in [-0.4, -0.2) is 46.7 Å². The number of nitrogens with one attached hydrogen (secondary N) is 4. The van der Waals surface area contributed by atoms with Gasteiger partial charge in [-0.25, -0.2) is 0 Å². The van der Waals surface area contributed by atoms with Crippen molar-refractivity contribution in [2.24, 2.45) is 0 Å². The van der Waals surface area contributed by atoms with Crippen molar-refractivity contribution in [2.75, 3.05) is 36.9 Å². The van der Waals surface area contributed by atoms with Crippen LogP contribution in [-0.2, 0) is 47.3 Å². The first kappa shape index (κ1) is 53.7. The number of fused-ring (bicyclic) bond motifs is 8. The Labute approximate surface area is 440 Å². The van der Waals surface area contributed by atoms with Crippen molar-refractivity contribution >= 4 is 46.0 Å². The zero-order valence-corrected chi connectivity index (χ0v) is 46.2. The van der Waals surface area contributed by atoms with Crippen LogP contribution in [0.3, 0.4) is 0 Å². The van der Waals surface area contributed by atoms with Gasteiger partial charge in [0.15, 0.2) is 10.2 Å². The zero-order chi connectivity index (χ0) is 52.2. The molecule has 0 heterocycles. The van der Waals surface area contributed by atoms with Gasteiger partial charge in [0.1, 0.15) is 36.2 Å². The molecule has 7 rings (SSSR count). The first-order chi connectivity index (χ1) is 33.8. The van der Waals surface area contributed by atoms with Crippen molar-refractivity contribution in [3.63, 3.8) is 0 Å². The molecule has 0 saturated carbocycles. The number of aromatic hydroxyl groups is 2. The molecule has 8 nitrogen and oxygen atoms in total. The van der Waals surface area contributed by atoms with Gasteiger partial charge in [-0.1, -0.05) is 168 Å². The topological polar surface area (TPSA) is 107 Å². The molecule has 0 spiro atoms. The van der Waals surface area contributed by atoms with E-state index in [1.54, 1.807) is 0 Å². The molecular formula is C62H76N4O4S2. The van der Waals surface area contributed by atoms with Crippen molar-refractivity contribution in [3.05, 3.63) is 176 Å². The molecule has 0 unspecified atom stereocenters. The summed E-state index contributed by atoms with van der Waals surface area (Å²) in [4.78, 5) is 0. The number of hydrogen-bond acceptors (Lipinski definition) is 6. The Balaban J connectivity index is 1.39. The van der Waals surface area contributed by atoms with Gasteiger partial charge in [0.25, 0.3) is 0 Å². The van der Waals surface area contributed by atoms with Gasteiger partial charge in [-0.05, 0) is 137 Å². The monoisotopic (exact) mass is 1000 g/mol. The lowest BCUT2D eigenvalue weighted by Gasteiger charge is -2.28. The molecule has 0 saturated heterocycles. The predicted octanol–water partition coefficient (Wildman–Crippen LogP) is 13.7. The summed E-state index contributed by atoms with van der Waals surface area (Å²) in [5, 5.41) is 39.6. The van der Waals surface area contributed by atoms with E-state index < -0.39 is 0 Å². The summed E-state index contributed by atoms with van der Waals surface area (Å²) >= 11 is 11.4. The normalized spacial score (nSPS) is 12.9. The molecule has 6 aromatic rings. The molecule has 0 atom stereocenters. The van der Waals surface area contributed by atoms with E-state index in [2.05, 4.69) is 153 Å². The Kier molecular flexibility index (Phi) is 16.4. The third-order valence-corrected chi connectivity index (χ3v) is 13.8. The maximum atomic E-state index is 12.7. The molecule has 0 radical (unpaired) electrons. The standard InChI is InChI=1S/C62H76N4O4S2/c1-59(2,3)47-31-39-27-43-35-49(61(7,8)9)37-45(55(43)69-25-23-63-57(71)65-51-19-15-13-16-20-51)29-41-33-48(60(4,5)6)34-42(54(41)68)30-46-38-50(62(10,11)12)36-44(28-40(32-47)53(39)67)56(46)70-26-24-64-58(72)66-52-21-17-14-18-22-52/h13-22,31-38,67-68H,23-30H2,1-12H3,(H2,63,65,71)(H2,64,66,72). The molecule has 1 aliphatic carbocycles. The maximum Gasteiger partial charge on any atom is 0.170 e. The van der Waals surface area contributed by atoms with Crippen LogP contribution < -0.4 is 30.7 Å². The molecule has 6 N–H and O–H groups in total. The summed E-state index contributed by atoms with van der Waals surface area (Å²) in [6.45, 7) is 28.2. The van der Waals surface area contributed by atoms with Gasteiger partial charge in [0, 0.05) is 37.1 Å². The molecule has 6 aromatic carbocycles. The van der Waals surface area contributed by atoms with Crippen LogP contribution in [0.2, 0.25) is 0 Å². The number of thiocarbonyl (C=S) groups is 2. The molecule has 72 heavy (non-hydrogen) atoms. The van der Waals surface area contributed by atoms with Crippen molar-refractivity contribution in [1.82, 2.24) is 10.6 Å². The van der Waals surface area contributed by atoms with Crippen molar-refractivity contribution in [3.8, 4) is 23.0 Å². The average molecular weight is 1010 g/mol. The lowest BCUT2D eigenvalue weighted by Crippen LogP contribution is -2.32. The van der Waals surface area contributed by atoms with Crippen LogP contribution in [0.25, 0.3) is 0 Å². The second-order valence-electron chi connectivity index (χ2n) is 23.4. The van der Waals surface area contributed by atoms with Gasteiger partial charge in [0.2, 0.25) is 0 Å². The van der Waals surface area contributed by atoms with E-state index in [1.165, 1.54) is 0 Å². The number of anilines is 2. The molecule has 0 aliphatic heterocycles. The Hall–Kier alpha value is -6.10. The molecule has 380 valence electrons. The summed E-state index contributed by atoms with van der Waals surface area (Å²) in [7, 11) is 0. The lowest BCUT2D eigenvalue weighted by atomic mass is 9.79.